The van der Waals surface area contributed by atoms with Gasteiger partial charge in [0.2, 0.25) is 35.5 Å². The summed E-state index contributed by atoms with van der Waals surface area (Å²) in [6.07, 6.45) is 2.20. The number of rotatable bonds is 35. The molecule has 8 N–H and O–H groups in total. The minimum absolute atomic E-state index is 0.0248. The lowest BCUT2D eigenvalue weighted by atomic mass is 10.0. The Kier molecular flexibility index (Phi) is 30.1. The molecular formula is C65H85N13O23P2S2. The molecule has 2 aromatic carbocycles. The normalized spacial score (nSPS) is 23.0. The third-order valence-electron chi connectivity index (χ3n) is 16.9. The molecule has 11 atom stereocenters. The molecule has 36 nitrogen and oxygen atoms in total. The molecule has 3 aromatic heterocycles. The summed E-state index contributed by atoms with van der Waals surface area (Å²) in [4.78, 5) is 148. The van der Waals surface area contributed by atoms with Crippen molar-refractivity contribution in [2.75, 3.05) is 110 Å². The van der Waals surface area contributed by atoms with Crippen molar-refractivity contribution in [1.29, 1.82) is 0 Å². The van der Waals surface area contributed by atoms with Gasteiger partial charge in [-0.05, 0) is 66.8 Å². The number of aliphatic hydroxyl groups is 1. The van der Waals surface area contributed by atoms with Gasteiger partial charge < -0.3 is 87.5 Å². The Morgan fingerprint density at radius 1 is 0.790 bits per heavy atom. The average molecular weight is 1540 g/mol. The lowest BCUT2D eigenvalue weighted by molar-refractivity contribution is -0.141. The summed E-state index contributed by atoms with van der Waals surface area (Å²) in [5, 5.41) is 25.0. The molecule has 2 saturated carbocycles. The first-order valence-electron chi connectivity index (χ1n) is 33.6. The fourth-order valence-electron chi connectivity index (χ4n) is 11.5. The fraction of sp³-hybridized carbons (Fsp3) is 0.523. The van der Waals surface area contributed by atoms with Gasteiger partial charge in [0, 0.05) is 80.5 Å². The molecule has 0 spiro atoms. The van der Waals surface area contributed by atoms with E-state index in [0.717, 1.165) is 17.1 Å². The summed E-state index contributed by atoms with van der Waals surface area (Å²) in [5.74, 6) is -5.44. The molecule has 2 aliphatic heterocycles. The Balaban J connectivity index is 0.658. The predicted octanol–water partition coefficient (Wildman–Crippen LogP) is 2.88. The third-order valence-corrected chi connectivity index (χ3v) is 20.1. The Hall–Kier alpha value is -8.04. The Labute approximate surface area is 612 Å². The zero-order valence-electron chi connectivity index (χ0n) is 57.8. The zero-order valence-corrected chi connectivity index (χ0v) is 61.3. The number of aromatic amines is 1. The van der Waals surface area contributed by atoms with Crippen LogP contribution in [0.25, 0.3) is 11.2 Å². The second-order valence-corrected chi connectivity index (χ2v) is 30.7. The Morgan fingerprint density at radius 3 is 2.13 bits per heavy atom. The summed E-state index contributed by atoms with van der Waals surface area (Å²) in [6, 6.07) is 11.5. The zero-order chi connectivity index (χ0) is 75.2. The van der Waals surface area contributed by atoms with E-state index >= 15 is 0 Å². The van der Waals surface area contributed by atoms with Crippen LogP contribution in [-0.4, -0.2) is 233 Å². The molecule has 570 valence electrons. The molecule has 9 rings (SSSR count). The van der Waals surface area contributed by atoms with E-state index in [-0.39, 0.29) is 114 Å². The van der Waals surface area contributed by atoms with Crippen molar-refractivity contribution < 1.29 is 104 Å². The molecule has 40 heteroatoms. The molecule has 2 bridgehead atoms. The number of carbonyl (C=O) groups is 8. The average Bonchev–Trinajstić information content (AvgIpc) is 1.61. The van der Waals surface area contributed by atoms with E-state index in [9.17, 15) is 57.7 Å². The van der Waals surface area contributed by atoms with Gasteiger partial charge in [0.05, 0.1) is 104 Å². The first-order chi connectivity index (χ1) is 50.3. The van der Waals surface area contributed by atoms with Gasteiger partial charge in [-0.15, -0.1) is 0 Å². The lowest BCUT2D eigenvalue weighted by Gasteiger charge is -2.27. The monoisotopic (exact) mass is 1540 g/mol. The van der Waals surface area contributed by atoms with Gasteiger partial charge in [0.15, 0.2) is 11.2 Å². The van der Waals surface area contributed by atoms with Crippen LogP contribution in [0.4, 0.5) is 16.4 Å². The van der Waals surface area contributed by atoms with E-state index in [2.05, 4.69) is 63.8 Å². The third kappa shape index (κ3) is 24.2. The molecule has 5 heterocycles. The van der Waals surface area contributed by atoms with Crippen molar-refractivity contribution in [3.05, 3.63) is 113 Å². The van der Waals surface area contributed by atoms with Crippen LogP contribution in [0.15, 0.2) is 90.4 Å². The number of imidazole rings is 1. The molecule has 2 aliphatic carbocycles. The van der Waals surface area contributed by atoms with Crippen molar-refractivity contribution in [3.63, 3.8) is 0 Å². The molecular weight excluding hydrogens is 1460 g/mol. The number of aromatic nitrogens is 6. The SMILES string of the molecule is CC(C)[C@H](NC(=O)CCOCCOCCOCCOCCOCCNC(=O)CN1C(=O)C=CC1=O)C(=O)N[C@@H](C)C(=O)Nc1ccc(COC(=O)N(C)Cc2ccccc2C(=O)Nc2nc3c(ncn3[C@@H]3C[C@@H]4COP(O)(=S)O[C@H]5C[C@H](Oc6ccncn6)C[C@@H]5COP(=O)(S)O[C@@H]3[C@@H]4O)c(=O)[nH]2)cc1. The highest BCUT2D eigenvalue weighted by Crippen LogP contribution is 2.59. The number of benzene rings is 2. The number of ether oxygens (including phenoxy) is 7. The number of anilines is 2. The maximum absolute atomic E-state index is 14.1. The Morgan fingerprint density at radius 2 is 1.46 bits per heavy atom. The van der Waals surface area contributed by atoms with Gasteiger partial charge in [-0.1, -0.05) is 56.4 Å². The van der Waals surface area contributed by atoms with Crippen LogP contribution in [0, 0.1) is 17.8 Å². The predicted molar refractivity (Wildman–Crippen MR) is 378 cm³/mol. The number of carbonyl (C=O) groups excluding carboxylic acids is 8. The van der Waals surface area contributed by atoms with Crippen LogP contribution in [0.1, 0.15) is 74.0 Å². The molecule has 2 unspecified atom stereocenters. The number of nitrogens with zero attached hydrogens (tertiary/aromatic N) is 7. The highest BCUT2D eigenvalue weighted by atomic mass is 32.7. The van der Waals surface area contributed by atoms with Crippen molar-refractivity contribution in [1.82, 2.24) is 55.2 Å². The minimum Gasteiger partial charge on any atom is -0.474 e. The van der Waals surface area contributed by atoms with Gasteiger partial charge in [0.25, 0.3) is 23.3 Å². The van der Waals surface area contributed by atoms with Crippen molar-refractivity contribution >= 4 is 108 Å². The van der Waals surface area contributed by atoms with Crippen LogP contribution >= 0.6 is 25.8 Å². The Bertz CT molecular complexity index is 4010. The molecule has 5 aromatic rings. The molecule has 0 radical (unpaired) electrons. The van der Waals surface area contributed by atoms with Crippen LogP contribution in [-0.2, 0) is 105 Å². The number of amides is 8. The van der Waals surface area contributed by atoms with Crippen molar-refractivity contribution in [2.24, 2.45) is 17.8 Å². The fourth-order valence-corrected chi connectivity index (χ4v) is 14.6. The van der Waals surface area contributed by atoms with Gasteiger partial charge in [0.1, 0.15) is 43.8 Å². The highest BCUT2D eigenvalue weighted by Gasteiger charge is 2.50. The quantitative estimate of drug-likeness (QED) is 0.0122. The van der Waals surface area contributed by atoms with E-state index in [0.29, 0.717) is 68.8 Å². The van der Waals surface area contributed by atoms with Gasteiger partial charge in [-0.2, -0.15) is 4.98 Å². The summed E-state index contributed by atoms with van der Waals surface area (Å²) < 4.78 is 78.1. The summed E-state index contributed by atoms with van der Waals surface area (Å²) in [5.41, 5.74) is 0.497. The first kappa shape index (κ1) is 81.0. The van der Waals surface area contributed by atoms with Gasteiger partial charge in [-0.25, -0.2) is 24.3 Å². The molecule has 8 amide bonds. The summed E-state index contributed by atoms with van der Waals surface area (Å²) in [6.45, 7) is -1.61. The molecule has 4 aliphatic rings. The second-order valence-electron chi connectivity index (χ2n) is 25.0. The van der Waals surface area contributed by atoms with Crippen LogP contribution in [0.5, 0.6) is 5.88 Å². The molecule has 3 fully saturated rings. The van der Waals surface area contributed by atoms with Gasteiger partial charge >= 0.3 is 19.6 Å². The van der Waals surface area contributed by atoms with Gasteiger partial charge in [-0.3, -0.25) is 58.1 Å². The number of fused-ring (bicyclic) bond motifs is 4. The van der Waals surface area contributed by atoms with E-state index in [1.165, 1.54) is 48.4 Å². The second kappa shape index (κ2) is 39.0. The van der Waals surface area contributed by atoms with Crippen LogP contribution < -0.4 is 36.9 Å². The van der Waals surface area contributed by atoms with Crippen molar-refractivity contribution in [3.8, 4) is 5.88 Å². The number of nitrogens with one attached hydrogen (secondary N) is 6. The number of aliphatic hydroxyl groups excluding tert-OH is 1. The number of H-pyrrole nitrogens is 1. The maximum Gasteiger partial charge on any atom is 0.410 e. The summed E-state index contributed by atoms with van der Waals surface area (Å²) >= 11 is 9.73. The number of imide groups is 1. The number of hydrogen-bond donors (Lipinski definition) is 9. The van der Waals surface area contributed by atoms with E-state index in [1.54, 1.807) is 62.4 Å². The molecule has 105 heavy (non-hydrogen) atoms. The maximum atomic E-state index is 14.1. The number of thiol groups is 1. The number of hydrogen-bond acceptors (Lipinski definition) is 27. The standard InChI is InChI=1S/C65H85N13O23P2S2/c1-39(2)55(72-50(79)16-19-91-21-23-93-25-27-95-28-26-94-24-22-92-20-18-67-51(80)33-77-53(81)13-14-54(77)82)62(86)70-40(3)60(84)71-45-11-9-41(10-12-45)34-96-65(88)76(4)32-42-7-5-6-8-47(42)61(85)74-64-73-59-56(63(87)75-64)69-38-78(59)48-30-44-36-98-102(89,104)100-49-31-46(99-52-15-17-66-37-68-52)29-43(49)35-97-103(90,105)101-58(48)57(44)83/h5-15,17,37-40,43-44,46,48-49,55,57-58,83H,16,18-36H2,1-4H3,(H,67,80)(H,70,86)(H,71,84)(H,72,79)(H,89,104)(H,90,105)(H2,73,74,75,85,87)/t40-,43+,44+,46+,48+,49-,55-,57+,58-,102?,103?/m0/s1. The van der Waals surface area contributed by atoms with Crippen LogP contribution in [0.3, 0.4) is 0 Å². The minimum atomic E-state index is -4.30. The van der Waals surface area contributed by atoms with E-state index in [1.807, 2.05) is 0 Å². The highest BCUT2D eigenvalue weighted by molar-refractivity contribution is 8.44. The van der Waals surface area contributed by atoms with Crippen LogP contribution in [0.2, 0.25) is 0 Å². The topological polar surface area (TPSA) is 452 Å². The summed E-state index contributed by atoms with van der Waals surface area (Å²) in [7, 11) is 1.47. The molecule has 1 saturated heterocycles. The van der Waals surface area contributed by atoms with E-state index < -0.39 is 121 Å². The van der Waals surface area contributed by atoms with E-state index in [4.69, 9.17) is 63.1 Å². The largest absolute Gasteiger partial charge is 0.474 e. The smallest absolute Gasteiger partial charge is 0.410 e. The first-order valence-corrected chi connectivity index (χ1v) is 38.9. The lowest BCUT2D eigenvalue weighted by Crippen LogP contribution is -2.53. The van der Waals surface area contributed by atoms with Crippen molar-refractivity contribution in [2.45, 2.75) is 102 Å².